The quantitative estimate of drug-likeness (QED) is 0.165. The second kappa shape index (κ2) is 20.0. The summed E-state index contributed by atoms with van der Waals surface area (Å²) in [4.78, 5) is 12.9. The molecule has 0 N–H and O–H groups in total. The maximum absolute atomic E-state index is 12.9. The number of carbonyl (C=O) groups is 1. The van der Waals surface area contributed by atoms with Gasteiger partial charge in [-0.1, -0.05) is 94.1 Å². The Balaban J connectivity index is 1.24. The van der Waals surface area contributed by atoms with Crippen LogP contribution in [0.4, 0.5) is 0 Å². The highest BCUT2D eigenvalue weighted by Crippen LogP contribution is 2.60. The molecule has 0 aromatic carbocycles. The van der Waals surface area contributed by atoms with Gasteiger partial charge in [-0.25, -0.2) is 0 Å². The third kappa shape index (κ3) is 11.1. The molecule has 228 valence electrons. The standard InChI is InChI=1S/C25H26OS16/c1-27-18-19(28-2)36-14(35-18)7-9-16-39-22(31-5)24(41-16)33-11-13(26)12-34-25-23(32-6)40-17(42-25)10-8-15-37-20(29-3)21(30-4)38-15/h7-10H,11-12H2,1-6H3. The molecule has 0 radical (unpaired) electrons. The Morgan fingerprint density at radius 1 is 0.429 bits per heavy atom. The van der Waals surface area contributed by atoms with E-state index in [1.165, 1.54) is 50.8 Å². The van der Waals surface area contributed by atoms with Crippen LogP contribution < -0.4 is 0 Å². The van der Waals surface area contributed by atoms with E-state index in [9.17, 15) is 4.79 Å². The van der Waals surface area contributed by atoms with Crippen LogP contribution in [-0.2, 0) is 4.79 Å². The fourth-order valence-electron chi connectivity index (χ4n) is 2.95. The Kier molecular flexibility index (Phi) is 18.1. The van der Waals surface area contributed by atoms with Gasteiger partial charge in [-0.15, -0.1) is 94.1 Å². The smallest absolute Gasteiger partial charge is 0.153 e. The number of hydrogen-bond donors (Lipinski definition) is 0. The van der Waals surface area contributed by atoms with Crippen molar-refractivity contribution in [2.24, 2.45) is 0 Å². The number of rotatable bonds is 14. The molecule has 17 heteroatoms. The number of Topliss-reactive ketones (excluding diaryl/α,β-unsaturated/α-hetero) is 1. The highest BCUT2D eigenvalue weighted by molar-refractivity contribution is 8.42. The Morgan fingerprint density at radius 3 is 0.881 bits per heavy atom. The topological polar surface area (TPSA) is 17.1 Å². The molecule has 4 aliphatic rings. The van der Waals surface area contributed by atoms with Gasteiger partial charge in [0.25, 0.3) is 0 Å². The number of carbonyl (C=O) groups excluding carboxylic acids is 1. The SMILES string of the molecule is CSC1=C(SC)SC(=CC=C2SC(SC)=C(SCC(=O)CSC3=C(SC)SC(=CC=C4SC(SC)=C(SC)S4)S3)S2)S1. The first-order chi connectivity index (χ1) is 20.4. The van der Waals surface area contributed by atoms with E-state index in [1.807, 2.05) is 118 Å². The first kappa shape index (κ1) is 38.0. The van der Waals surface area contributed by atoms with Gasteiger partial charge in [0.2, 0.25) is 0 Å². The average Bonchev–Trinajstić information content (AvgIpc) is 3.80. The molecule has 0 aliphatic carbocycles. The zero-order valence-electron chi connectivity index (χ0n) is 23.2. The number of ketones is 1. The molecule has 0 saturated carbocycles. The Bertz CT molecular complexity index is 1180. The van der Waals surface area contributed by atoms with Gasteiger partial charge in [0.1, 0.15) is 0 Å². The summed E-state index contributed by atoms with van der Waals surface area (Å²) in [7, 11) is 0. The molecule has 4 rings (SSSR count). The minimum Gasteiger partial charge on any atom is -0.298 e. The lowest BCUT2D eigenvalue weighted by atomic mass is 10.5. The Labute approximate surface area is 318 Å². The second-order valence-electron chi connectivity index (χ2n) is 7.40. The zero-order chi connectivity index (χ0) is 30.1. The summed E-state index contributed by atoms with van der Waals surface area (Å²) in [6.07, 6.45) is 21.8. The van der Waals surface area contributed by atoms with Crippen molar-refractivity contribution >= 4 is 194 Å². The van der Waals surface area contributed by atoms with Crippen molar-refractivity contribution in [3.63, 3.8) is 0 Å². The highest BCUT2D eigenvalue weighted by Gasteiger charge is 2.25. The molecule has 0 atom stereocenters. The summed E-state index contributed by atoms with van der Waals surface area (Å²) in [5.41, 5.74) is 0. The van der Waals surface area contributed by atoms with Crippen LogP contribution in [-0.4, -0.2) is 54.8 Å². The lowest BCUT2D eigenvalue weighted by Crippen LogP contribution is -2.04. The molecule has 0 amide bonds. The number of hydrogen-bond acceptors (Lipinski definition) is 17. The van der Waals surface area contributed by atoms with E-state index in [2.05, 4.69) is 61.8 Å². The van der Waals surface area contributed by atoms with Crippen LogP contribution in [0.25, 0.3) is 0 Å². The normalized spacial score (nSPS) is 21.5. The highest BCUT2D eigenvalue weighted by atomic mass is 32.3. The molecule has 0 aromatic heterocycles. The average molecular weight is 856 g/mol. The van der Waals surface area contributed by atoms with Crippen LogP contribution >= 0.6 is 188 Å². The van der Waals surface area contributed by atoms with Crippen molar-refractivity contribution in [2.75, 3.05) is 49.0 Å². The predicted octanol–water partition coefficient (Wildman–Crippen LogP) is 14.0. The summed E-state index contributed by atoms with van der Waals surface area (Å²) in [5, 5.41) is 0. The van der Waals surface area contributed by atoms with Crippen LogP contribution in [0.1, 0.15) is 0 Å². The van der Waals surface area contributed by atoms with Crippen molar-refractivity contribution in [2.45, 2.75) is 0 Å². The molecular formula is C25H26OS16. The summed E-state index contributed by atoms with van der Waals surface area (Å²) in [6, 6.07) is 0. The van der Waals surface area contributed by atoms with Crippen molar-refractivity contribution in [1.29, 1.82) is 0 Å². The van der Waals surface area contributed by atoms with Crippen LogP contribution in [0, 0.1) is 0 Å². The van der Waals surface area contributed by atoms with E-state index < -0.39 is 0 Å². The van der Waals surface area contributed by atoms with Gasteiger partial charge in [0.05, 0.1) is 62.4 Å². The lowest BCUT2D eigenvalue weighted by molar-refractivity contribution is -0.114. The third-order valence-electron chi connectivity index (χ3n) is 4.76. The molecule has 42 heavy (non-hydrogen) atoms. The van der Waals surface area contributed by atoms with Crippen LogP contribution in [0.5, 0.6) is 0 Å². The molecule has 4 heterocycles. The van der Waals surface area contributed by atoms with Gasteiger partial charge < -0.3 is 0 Å². The van der Waals surface area contributed by atoms with E-state index in [1.54, 1.807) is 70.6 Å². The molecule has 0 saturated heterocycles. The molecule has 0 fully saturated rings. The van der Waals surface area contributed by atoms with Crippen molar-refractivity contribution in [3.8, 4) is 0 Å². The van der Waals surface area contributed by atoms with E-state index in [0.29, 0.717) is 17.3 Å². The second-order valence-corrected chi connectivity index (χ2v) is 25.8. The minimum absolute atomic E-state index is 0.291. The monoisotopic (exact) mass is 854 g/mol. The van der Waals surface area contributed by atoms with Crippen LogP contribution in [0.3, 0.4) is 0 Å². The van der Waals surface area contributed by atoms with Gasteiger partial charge in [-0.3, -0.25) is 4.79 Å². The van der Waals surface area contributed by atoms with Gasteiger partial charge >= 0.3 is 0 Å². The van der Waals surface area contributed by atoms with Crippen LogP contribution in [0.2, 0.25) is 0 Å². The number of thioether (sulfide) groups is 16. The van der Waals surface area contributed by atoms with Crippen molar-refractivity contribution < 1.29 is 4.79 Å². The summed E-state index contributed by atoms with van der Waals surface area (Å²) >= 11 is 29.0. The summed E-state index contributed by atoms with van der Waals surface area (Å²) in [6.45, 7) is 0. The van der Waals surface area contributed by atoms with Gasteiger partial charge in [0.15, 0.2) is 5.78 Å². The fourth-order valence-corrected chi connectivity index (χ4v) is 22.9. The van der Waals surface area contributed by atoms with Crippen molar-refractivity contribution in [1.82, 2.24) is 0 Å². The number of allylic oxidation sites excluding steroid dienone is 4. The zero-order valence-corrected chi connectivity index (χ0v) is 36.2. The first-order valence-corrected chi connectivity index (χ1v) is 27.5. The Hall–Kier alpha value is 3.19. The molecule has 0 spiro atoms. The maximum Gasteiger partial charge on any atom is 0.153 e. The predicted molar refractivity (Wildman–Crippen MR) is 232 cm³/mol. The Morgan fingerprint density at radius 2 is 0.643 bits per heavy atom. The van der Waals surface area contributed by atoms with Gasteiger partial charge in [0, 0.05) is 0 Å². The third-order valence-corrected chi connectivity index (χ3v) is 25.7. The molecular weight excluding hydrogens is 829 g/mol. The van der Waals surface area contributed by atoms with E-state index in [0.717, 1.165) is 0 Å². The van der Waals surface area contributed by atoms with E-state index >= 15 is 0 Å². The molecule has 1 nitrogen and oxygen atoms in total. The largest absolute Gasteiger partial charge is 0.298 e. The maximum atomic E-state index is 12.9. The molecule has 0 bridgehead atoms. The fraction of sp³-hybridized carbons (Fsp3) is 0.320. The van der Waals surface area contributed by atoms with Gasteiger partial charge in [-0.2, -0.15) is 0 Å². The van der Waals surface area contributed by atoms with Crippen LogP contribution in [0.15, 0.2) is 75.2 Å². The van der Waals surface area contributed by atoms with Crippen molar-refractivity contribution in [3.05, 3.63) is 75.2 Å². The van der Waals surface area contributed by atoms with E-state index in [4.69, 9.17) is 0 Å². The van der Waals surface area contributed by atoms with Gasteiger partial charge in [-0.05, 0) is 61.8 Å². The summed E-state index contributed by atoms with van der Waals surface area (Å²) < 4.78 is 15.9. The van der Waals surface area contributed by atoms with E-state index in [-0.39, 0.29) is 0 Å². The summed E-state index contributed by atoms with van der Waals surface area (Å²) in [5.74, 6) is 1.33. The first-order valence-electron chi connectivity index (χ1n) is 11.7. The lowest BCUT2D eigenvalue weighted by Gasteiger charge is -2.04. The molecule has 0 aromatic rings. The molecule has 0 unspecified atom stereocenters. The molecule has 4 aliphatic heterocycles. The minimum atomic E-state index is 0.291.